The van der Waals surface area contributed by atoms with Crippen molar-refractivity contribution in [3.05, 3.63) is 0 Å². The Morgan fingerprint density at radius 3 is 2.33 bits per heavy atom. The molecule has 0 saturated carbocycles. The molecule has 1 saturated heterocycles. The lowest BCUT2D eigenvalue weighted by atomic mass is 10.1. The average Bonchev–Trinajstić information content (AvgIpc) is 2.26. The first-order chi connectivity index (χ1) is 8.27. The fraction of sp³-hybridized carbons (Fsp3) is 0.778. The third-order valence-corrected chi connectivity index (χ3v) is 2.72. The van der Waals surface area contributed by atoms with Crippen molar-refractivity contribution < 1.29 is 33.0 Å². The monoisotopic (exact) mass is 270 g/mol. The number of alkyl halides is 3. The molecule has 0 aromatic heterocycles. The lowest BCUT2D eigenvalue weighted by molar-refractivity contribution is -0.187. The van der Waals surface area contributed by atoms with Gasteiger partial charge in [-0.05, 0) is 6.42 Å². The van der Waals surface area contributed by atoms with E-state index < -0.39 is 24.2 Å². The summed E-state index contributed by atoms with van der Waals surface area (Å²) < 4.78 is 36.7. The van der Waals surface area contributed by atoms with Crippen LogP contribution < -0.4 is 0 Å². The van der Waals surface area contributed by atoms with Gasteiger partial charge in [0.15, 0.2) is 0 Å². The topological polar surface area (TPSA) is 81.1 Å². The molecule has 1 fully saturated rings. The van der Waals surface area contributed by atoms with Gasteiger partial charge < -0.3 is 20.0 Å². The minimum Gasteiger partial charge on any atom is -0.465 e. The molecule has 0 aliphatic carbocycles. The fourth-order valence-electron chi connectivity index (χ4n) is 1.87. The normalized spacial score (nSPS) is 21.0. The Bertz CT molecular complexity index is 334. The molecule has 6 nitrogen and oxygen atoms in total. The summed E-state index contributed by atoms with van der Waals surface area (Å²) in [5.74, 6) is -1.98. The Labute approximate surface area is 101 Å². The second-order valence-corrected chi connectivity index (χ2v) is 3.89. The molecule has 0 bridgehead atoms. The SMILES string of the molecule is O=C(O)N1CCN(C(=O)C(F)(F)F)C[C@@H]1CCO. The van der Waals surface area contributed by atoms with Crippen molar-refractivity contribution in [2.24, 2.45) is 0 Å². The van der Waals surface area contributed by atoms with Crippen LogP contribution in [0.15, 0.2) is 0 Å². The second kappa shape index (κ2) is 5.42. The highest BCUT2D eigenvalue weighted by molar-refractivity contribution is 5.82. The molecule has 18 heavy (non-hydrogen) atoms. The van der Waals surface area contributed by atoms with Crippen molar-refractivity contribution in [1.82, 2.24) is 9.80 Å². The molecule has 1 aliphatic heterocycles. The molecule has 104 valence electrons. The Morgan fingerprint density at radius 1 is 1.28 bits per heavy atom. The quantitative estimate of drug-likeness (QED) is 0.747. The third kappa shape index (κ3) is 3.25. The first kappa shape index (κ1) is 14.6. The maximum Gasteiger partial charge on any atom is 0.471 e. The van der Waals surface area contributed by atoms with Crippen LogP contribution in [0, 0.1) is 0 Å². The van der Waals surface area contributed by atoms with Crippen molar-refractivity contribution in [2.75, 3.05) is 26.2 Å². The smallest absolute Gasteiger partial charge is 0.465 e. The van der Waals surface area contributed by atoms with Crippen LogP contribution in [0.3, 0.4) is 0 Å². The maximum absolute atomic E-state index is 12.2. The zero-order valence-electron chi connectivity index (χ0n) is 9.35. The van der Waals surface area contributed by atoms with Gasteiger partial charge in [0.25, 0.3) is 0 Å². The lowest BCUT2D eigenvalue weighted by Gasteiger charge is -2.39. The van der Waals surface area contributed by atoms with Crippen molar-refractivity contribution in [3.8, 4) is 0 Å². The summed E-state index contributed by atoms with van der Waals surface area (Å²) in [6.45, 7) is -1.21. The fourth-order valence-corrected chi connectivity index (χ4v) is 1.87. The number of aliphatic hydroxyl groups excluding tert-OH is 1. The zero-order valence-corrected chi connectivity index (χ0v) is 9.35. The van der Waals surface area contributed by atoms with Crippen LogP contribution in [-0.4, -0.2) is 70.5 Å². The molecule has 1 aliphatic rings. The van der Waals surface area contributed by atoms with Gasteiger partial charge in [0.1, 0.15) is 0 Å². The van der Waals surface area contributed by atoms with Crippen molar-refractivity contribution in [3.63, 3.8) is 0 Å². The van der Waals surface area contributed by atoms with E-state index in [0.717, 1.165) is 4.90 Å². The van der Waals surface area contributed by atoms with Crippen LogP contribution in [0.1, 0.15) is 6.42 Å². The Balaban J connectivity index is 2.74. The summed E-state index contributed by atoms with van der Waals surface area (Å²) >= 11 is 0. The molecule has 1 rings (SSSR count). The largest absolute Gasteiger partial charge is 0.471 e. The van der Waals surface area contributed by atoms with Crippen LogP contribution in [0.5, 0.6) is 0 Å². The van der Waals surface area contributed by atoms with E-state index in [4.69, 9.17) is 10.2 Å². The maximum atomic E-state index is 12.2. The Hall–Kier alpha value is -1.51. The molecule has 0 spiro atoms. The Kier molecular flexibility index (Phi) is 4.38. The number of halogens is 3. The minimum atomic E-state index is -4.96. The summed E-state index contributed by atoms with van der Waals surface area (Å²) in [4.78, 5) is 23.4. The van der Waals surface area contributed by atoms with Gasteiger partial charge in [-0.25, -0.2) is 4.79 Å². The molecule has 9 heteroatoms. The van der Waals surface area contributed by atoms with E-state index in [1.165, 1.54) is 0 Å². The Morgan fingerprint density at radius 2 is 1.89 bits per heavy atom. The number of rotatable bonds is 2. The number of carbonyl (C=O) groups excluding carboxylic acids is 1. The van der Waals surface area contributed by atoms with Crippen LogP contribution in [0.4, 0.5) is 18.0 Å². The van der Waals surface area contributed by atoms with Crippen molar-refractivity contribution >= 4 is 12.0 Å². The van der Waals surface area contributed by atoms with Crippen LogP contribution in [0.2, 0.25) is 0 Å². The molecular weight excluding hydrogens is 257 g/mol. The van der Waals surface area contributed by atoms with E-state index in [9.17, 15) is 22.8 Å². The van der Waals surface area contributed by atoms with Crippen LogP contribution in [0.25, 0.3) is 0 Å². The van der Waals surface area contributed by atoms with E-state index in [0.29, 0.717) is 4.90 Å². The van der Waals surface area contributed by atoms with E-state index in [1.807, 2.05) is 0 Å². The van der Waals surface area contributed by atoms with Gasteiger partial charge >= 0.3 is 18.2 Å². The predicted molar refractivity (Wildman–Crippen MR) is 52.9 cm³/mol. The summed E-state index contributed by atoms with van der Waals surface area (Å²) in [6, 6.07) is -0.812. The van der Waals surface area contributed by atoms with E-state index in [-0.39, 0.29) is 32.7 Å². The molecule has 1 heterocycles. The molecule has 0 aromatic carbocycles. The van der Waals surface area contributed by atoms with Gasteiger partial charge in [0, 0.05) is 26.2 Å². The van der Waals surface area contributed by atoms with Gasteiger partial charge in [0.05, 0.1) is 6.04 Å². The van der Waals surface area contributed by atoms with E-state index >= 15 is 0 Å². The number of nitrogens with zero attached hydrogens (tertiary/aromatic N) is 2. The van der Waals surface area contributed by atoms with Gasteiger partial charge in [-0.15, -0.1) is 0 Å². The molecule has 2 N–H and O–H groups in total. The average molecular weight is 270 g/mol. The minimum absolute atomic E-state index is 0.00601. The summed E-state index contributed by atoms with van der Waals surface area (Å²) in [7, 11) is 0. The van der Waals surface area contributed by atoms with E-state index in [1.54, 1.807) is 0 Å². The second-order valence-electron chi connectivity index (χ2n) is 3.89. The zero-order chi connectivity index (χ0) is 13.9. The van der Waals surface area contributed by atoms with Crippen molar-refractivity contribution in [2.45, 2.75) is 18.6 Å². The van der Waals surface area contributed by atoms with Crippen LogP contribution >= 0.6 is 0 Å². The molecule has 1 atom stereocenters. The molecule has 0 unspecified atom stereocenters. The van der Waals surface area contributed by atoms with Crippen molar-refractivity contribution in [1.29, 1.82) is 0 Å². The standard InChI is InChI=1S/C9H13F3N2O4/c10-9(11,12)7(16)13-2-3-14(8(17)18)6(5-13)1-4-15/h6,15H,1-5H2,(H,17,18)/t6-/m0/s1. The lowest BCUT2D eigenvalue weighted by Crippen LogP contribution is -2.58. The number of carboxylic acid groups (broad SMARTS) is 1. The number of hydrogen-bond donors (Lipinski definition) is 2. The number of piperazine rings is 1. The first-order valence-electron chi connectivity index (χ1n) is 5.24. The first-order valence-corrected chi connectivity index (χ1v) is 5.24. The highest BCUT2D eigenvalue weighted by Crippen LogP contribution is 2.22. The number of hydrogen-bond acceptors (Lipinski definition) is 3. The summed E-state index contributed by atoms with van der Waals surface area (Å²) in [6.07, 6.45) is -6.24. The van der Waals surface area contributed by atoms with Gasteiger partial charge in [-0.3, -0.25) is 4.79 Å². The molecule has 0 radical (unpaired) electrons. The van der Waals surface area contributed by atoms with Gasteiger partial charge in [-0.2, -0.15) is 13.2 Å². The van der Waals surface area contributed by atoms with E-state index in [2.05, 4.69) is 0 Å². The summed E-state index contributed by atoms with van der Waals surface area (Å²) in [5.41, 5.74) is 0. The highest BCUT2D eigenvalue weighted by atomic mass is 19.4. The number of carbonyl (C=O) groups is 2. The van der Waals surface area contributed by atoms with Gasteiger partial charge in [-0.1, -0.05) is 0 Å². The highest BCUT2D eigenvalue weighted by Gasteiger charge is 2.45. The number of aliphatic hydroxyl groups is 1. The molecular formula is C9H13F3N2O4. The molecule has 2 amide bonds. The molecule has 0 aromatic rings. The number of amides is 2. The predicted octanol–water partition coefficient (Wildman–Crippen LogP) is 0.122. The van der Waals surface area contributed by atoms with Gasteiger partial charge in [0.2, 0.25) is 0 Å². The summed E-state index contributed by atoms with van der Waals surface area (Å²) in [5, 5.41) is 17.6. The third-order valence-electron chi connectivity index (χ3n) is 2.72. The van der Waals surface area contributed by atoms with Crippen LogP contribution in [-0.2, 0) is 4.79 Å².